The van der Waals surface area contributed by atoms with Crippen LogP contribution in [0.15, 0.2) is 0 Å². The van der Waals surface area contributed by atoms with E-state index in [0.29, 0.717) is 19.1 Å². The summed E-state index contributed by atoms with van der Waals surface area (Å²) >= 11 is 0. The fourth-order valence-corrected chi connectivity index (χ4v) is 4.39. The normalized spacial score (nSPS) is 26.6. The van der Waals surface area contributed by atoms with Gasteiger partial charge in [-0.05, 0) is 19.8 Å². The number of hydrogen-bond donors (Lipinski definition) is 1. The average molecular weight is 275 g/mol. The first kappa shape index (κ1) is 14.2. The minimum atomic E-state index is -3.18. The summed E-state index contributed by atoms with van der Waals surface area (Å²) in [6.07, 6.45) is 5.22. The second-order valence-electron chi connectivity index (χ2n) is 5.46. The van der Waals surface area contributed by atoms with E-state index in [0.717, 1.165) is 13.1 Å². The summed E-state index contributed by atoms with van der Waals surface area (Å²) in [5.74, 6) is 0. The van der Waals surface area contributed by atoms with E-state index in [-0.39, 0.29) is 6.54 Å². The molecule has 2 N–H and O–H groups in total. The highest BCUT2D eigenvalue weighted by molar-refractivity contribution is 7.89. The van der Waals surface area contributed by atoms with E-state index in [1.54, 1.807) is 11.2 Å². The number of hydrogen-bond acceptors (Lipinski definition) is 4. The van der Waals surface area contributed by atoms with Crippen molar-refractivity contribution < 1.29 is 8.42 Å². The molecule has 1 atom stereocenters. The van der Waals surface area contributed by atoms with E-state index in [2.05, 4.69) is 4.90 Å². The minimum absolute atomic E-state index is 0.200. The Bertz CT molecular complexity index is 358. The van der Waals surface area contributed by atoms with Crippen LogP contribution in [0.2, 0.25) is 0 Å². The molecule has 0 aromatic carbocycles. The zero-order valence-electron chi connectivity index (χ0n) is 11.2. The minimum Gasteiger partial charge on any atom is -0.329 e. The number of piperazine rings is 1. The van der Waals surface area contributed by atoms with Crippen LogP contribution in [-0.4, -0.2) is 61.6 Å². The van der Waals surface area contributed by atoms with Crippen LogP contribution in [0.3, 0.4) is 0 Å². The second kappa shape index (κ2) is 5.86. The van der Waals surface area contributed by atoms with Crippen molar-refractivity contribution in [2.75, 3.05) is 32.7 Å². The highest BCUT2D eigenvalue weighted by atomic mass is 32.2. The first-order valence-corrected chi connectivity index (χ1v) is 8.49. The molecule has 1 saturated heterocycles. The zero-order chi connectivity index (χ0) is 13.2. The van der Waals surface area contributed by atoms with Gasteiger partial charge in [0, 0.05) is 38.8 Å². The lowest BCUT2D eigenvalue weighted by atomic mass is 10.2. The van der Waals surface area contributed by atoms with Gasteiger partial charge >= 0.3 is 0 Å². The van der Waals surface area contributed by atoms with Gasteiger partial charge < -0.3 is 5.73 Å². The van der Waals surface area contributed by atoms with Gasteiger partial charge in [0.2, 0.25) is 10.0 Å². The molecule has 18 heavy (non-hydrogen) atoms. The summed E-state index contributed by atoms with van der Waals surface area (Å²) in [6, 6.07) is 0.696. The van der Waals surface area contributed by atoms with Gasteiger partial charge in [-0.25, -0.2) is 8.42 Å². The van der Waals surface area contributed by atoms with Gasteiger partial charge in [0.05, 0.1) is 5.25 Å². The summed E-state index contributed by atoms with van der Waals surface area (Å²) in [6.45, 7) is 4.90. The summed E-state index contributed by atoms with van der Waals surface area (Å²) in [5, 5.41) is -0.462. The first-order chi connectivity index (χ1) is 8.55. The van der Waals surface area contributed by atoms with Gasteiger partial charge in [0.1, 0.15) is 0 Å². The Morgan fingerprint density at radius 1 is 1.17 bits per heavy atom. The topological polar surface area (TPSA) is 66.6 Å². The van der Waals surface area contributed by atoms with Crippen LogP contribution in [-0.2, 0) is 10.0 Å². The van der Waals surface area contributed by atoms with E-state index in [9.17, 15) is 8.42 Å². The van der Waals surface area contributed by atoms with E-state index in [4.69, 9.17) is 5.73 Å². The van der Waals surface area contributed by atoms with Crippen molar-refractivity contribution >= 4 is 10.0 Å². The molecule has 2 rings (SSSR count). The van der Waals surface area contributed by atoms with Crippen LogP contribution >= 0.6 is 0 Å². The fraction of sp³-hybridized carbons (Fsp3) is 1.00. The van der Waals surface area contributed by atoms with Gasteiger partial charge in [0.15, 0.2) is 0 Å². The Morgan fingerprint density at radius 3 is 2.22 bits per heavy atom. The van der Waals surface area contributed by atoms with Crippen molar-refractivity contribution in [1.82, 2.24) is 9.21 Å². The number of nitrogens with zero attached hydrogens (tertiary/aromatic N) is 2. The molecule has 1 saturated carbocycles. The van der Waals surface area contributed by atoms with E-state index >= 15 is 0 Å². The summed E-state index contributed by atoms with van der Waals surface area (Å²) in [7, 11) is -3.18. The van der Waals surface area contributed by atoms with E-state index in [1.165, 1.54) is 25.7 Å². The molecule has 1 unspecified atom stereocenters. The van der Waals surface area contributed by atoms with Crippen LogP contribution in [0, 0.1) is 0 Å². The predicted octanol–water partition coefficient (Wildman–Crippen LogP) is 0.224. The standard InChI is InChI=1S/C12H25N3O2S/c1-11(10-13)18(16,17)15-8-6-14(7-9-15)12-4-2-3-5-12/h11-12H,2-10,13H2,1H3. The highest BCUT2D eigenvalue weighted by Gasteiger charge is 2.33. The molecule has 0 amide bonds. The monoisotopic (exact) mass is 275 g/mol. The van der Waals surface area contributed by atoms with Crippen molar-refractivity contribution in [2.45, 2.75) is 43.9 Å². The van der Waals surface area contributed by atoms with Crippen molar-refractivity contribution in [3.05, 3.63) is 0 Å². The Morgan fingerprint density at radius 2 is 1.72 bits per heavy atom. The average Bonchev–Trinajstić information content (AvgIpc) is 2.91. The van der Waals surface area contributed by atoms with Crippen LogP contribution < -0.4 is 5.73 Å². The molecule has 2 fully saturated rings. The molecule has 106 valence electrons. The zero-order valence-corrected chi connectivity index (χ0v) is 12.0. The smallest absolute Gasteiger partial charge is 0.218 e. The number of nitrogens with two attached hydrogens (primary N) is 1. The molecule has 1 heterocycles. The van der Waals surface area contributed by atoms with E-state index < -0.39 is 15.3 Å². The SMILES string of the molecule is CC(CN)S(=O)(=O)N1CCN(C2CCCC2)CC1. The lowest BCUT2D eigenvalue weighted by Gasteiger charge is -2.38. The number of rotatable bonds is 4. The Hall–Kier alpha value is -0.170. The van der Waals surface area contributed by atoms with Gasteiger partial charge in [-0.1, -0.05) is 12.8 Å². The molecule has 5 nitrogen and oxygen atoms in total. The van der Waals surface area contributed by atoms with Crippen molar-refractivity contribution in [1.29, 1.82) is 0 Å². The Balaban J connectivity index is 1.90. The van der Waals surface area contributed by atoms with Gasteiger partial charge in [-0.3, -0.25) is 4.90 Å². The van der Waals surface area contributed by atoms with Crippen LogP contribution in [0.1, 0.15) is 32.6 Å². The summed E-state index contributed by atoms with van der Waals surface area (Å²) < 4.78 is 26.0. The Kier molecular flexibility index (Phi) is 4.64. The molecule has 0 spiro atoms. The number of sulfonamides is 1. The van der Waals surface area contributed by atoms with Crippen molar-refractivity contribution in [3.63, 3.8) is 0 Å². The van der Waals surface area contributed by atoms with Crippen molar-refractivity contribution in [2.24, 2.45) is 5.73 Å². The molecule has 0 aromatic rings. The van der Waals surface area contributed by atoms with Gasteiger partial charge in [-0.15, -0.1) is 0 Å². The largest absolute Gasteiger partial charge is 0.329 e. The van der Waals surface area contributed by atoms with Crippen molar-refractivity contribution in [3.8, 4) is 0 Å². The highest BCUT2D eigenvalue weighted by Crippen LogP contribution is 2.25. The maximum absolute atomic E-state index is 12.2. The lowest BCUT2D eigenvalue weighted by molar-refractivity contribution is 0.138. The van der Waals surface area contributed by atoms with Crippen LogP contribution in [0.4, 0.5) is 0 Å². The van der Waals surface area contributed by atoms with Gasteiger partial charge in [-0.2, -0.15) is 4.31 Å². The molecule has 2 aliphatic rings. The molecule has 0 radical (unpaired) electrons. The molecule has 0 bridgehead atoms. The van der Waals surface area contributed by atoms with E-state index in [1.807, 2.05) is 0 Å². The summed E-state index contributed by atoms with van der Waals surface area (Å²) in [5.41, 5.74) is 5.48. The molecule has 0 aromatic heterocycles. The maximum atomic E-state index is 12.2. The first-order valence-electron chi connectivity index (χ1n) is 6.99. The molecule has 6 heteroatoms. The second-order valence-corrected chi connectivity index (χ2v) is 7.82. The van der Waals surface area contributed by atoms with Crippen LogP contribution in [0.5, 0.6) is 0 Å². The quantitative estimate of drug-likeness (QED) is 0.797. The predicted molar refractivity (Wildman–Crippen MR) is 72.8 cm³/mol. The molecular formula is C12H25N3O2S. The maximum Gasteiger partial charge on any atom is 0.218 e. The fourth-order valence-electron chi connectivity index (χ4n) is 2.97. The molecule has 1 aliphatic heterocycles. The summed E-state index contributed by atoms with van der Waals surface area (Å²) in [4.78, 5) is 2.46. The third-order valence-electron chi connectivity index (χ3n) is 4.31. The Labute approximate surface area is 110 Å². The van der Waals surface area contributed by atoms with Gasteiger partial charge in [0.25, 0.3) is 0 Å². The third kappa shape index (κ3) is 2.87. The van der Waals surface area contributed by atoms with Crippen LogP contribution in [0.25, 0.3) is 0 Å². The molecular weight excluding hydrogens is 250 g/mol. The molecule has 1 aliphatic carbocycles. The third-order valence-corrected chi connectivity index (χ3v) is 6.61. The lowest BCUT2D eigenvalue weighted by Crippen LogP contribution is -2.53.